The van der Waals surface area contributed by atoms with Gasteiger partial charge in [0.05, 0.1) is 0 Å². The zero-order chi connectivity index (χ0) is 5.98. The zero-order valence-corrected chi connectivity index (χ0v) is 4.68. The predicted molar refractivity (Wildman–Crippen MR) is 31.4 cm³/mol. The van der Waals surface area contributed by atoms with E-state index in [1.54, 1.807) is 0 Å². The van der Waals surface area contributed by atoms with Crippen molar-refractivity contribution >= 4 is 16.3 Å². The average molecular weight is 129 g/mol. The van der Waals surface area contributed by atoms with E-state index in [-0.39, 0.29) is 5.06 Å². The molecule has 8 heavy (non-hydrogen) atoms. The summed E-state index contributed by atoms with van der Waals surface area (Å²) in [6.07, 6.45) is 0. The highest BCUT2D eigenvalue weighted by Crippen LogP contribution is 2.28. The van der Waals surface area contributed by atoms with Crippen LogP contribution >= 0.6 is 11.3 Å². The summed E-state index contributed by atoms with van der Waals surface area (Å²) < 4.78 is 0. The molecule has 0 amide bonds. The summed E-state index contributed by atoms with van der Waals surface area (Å²) in [5, 5.41) is 11.6. The lowest BCUT2D eigenvalue weighted by molar-refractivity contribution is 0.491. The quantitative estimate of drug-likeness (QED) is 0.588. The summed E-state index contributed by atoms with van der Waals surface area (Å²) >= 11 is 0.964. The fraction of sp³-hybridized carbons (Fsp3) is 0. The van der Waals surface area contributed by atoms with Crippen LogP contribution in [0.15, 0.2) is 17.3 Å². The Morgan fingerprint density at radius 3 is 2.62 bits per heavy atom. The van der Waals surface area contributed by atoms with E-state index in [9.17, 15) is 4.91 Å². The Bertz CT molecular complexity index is 196. The van der Waals surface area contributed by atoms with Crippen molar-refractivity contribution < 1.29 is 5.11 Å². The normalized spacial score (nSPS) is 9.00. The third-order valence-corrected chi connectivity index (χ3v) is 1.43. The molecule has 0 aliphatic carbocycles. The Hall–Kier alpha value is -0.900. The summed E-state index contributed by atoms with van der Waals surface area (Å²) in [6, 6.07) is 2.90. The summed E-state index contributed by atoms with van der Waals surface area (Å²) in [7, 11) is 0. The second kappa shape index (κ2) is 1.92. The molecule has 1 heterocycles. The topological polar surface area (TPSA) is 49.7 Å². The molecule has 1 aromatic heterocycles. The highest BCUT2D eigenvalue weighted by Gasteiger charge is 1.93. The summed E-state index contributed by atoms with van der Waals surface area (Å²) in [5.41, 5.74) is 0. The van der Waals surface area contributed by atoms with Gasteiger partial charge in [-0.05, 0) is 17.3 Å². The minimum Gasteiger partial charge on any atom is -0.499 e. The van der Waals surface area contributed by atoms with Gasteiger partial charge in [0.2, 0.25) is 0 Å². The van der Waals surface area contributed by atoms with Gasteiger partial charge in [-0.1, -0.05) is 11.3 Å². The number of rotatable bonds is 1. The van der Waals surface area contributed by atoms with Gasteiger partial charge >= 0.3 is 0 Å². The molecule has 0 spiro atoms. The number of hydrogen-bond donors (Lipinski definition) is 1. The van der Waals surface area contributed by atoms with Crippen LogP contribution in [0.2, 0.25) is 0 Å². The second-order valence-electron chi connectivity index (χ2n) is 1.20. The lowest BCUT2D eigenvalue weighted by Crippen LogP contribution is -1.35. The Morgan fingerprint density at radius 1 is 1.62 bits per heavy atom. The predicted octanol–water partition coefficient (Wildman–Crippen LogP) is 1.85. The first-order chi connectivity index (χ1) is 3.83. The molecule has 0 saturated carbocycles. The van der Waals surface area contributed by atoms with Crippen LogP contribution in [0, 0.1) is 4.91 Å². The third kappa shape index (κ3) is 0.840. The number of aromatic hydroxyl groups is 1. The van der Waals surface area contributed by atoms with Gasteiger partial charge in [0.15, 0.2) is 10.1 Å². The molecule has 4 heteroatoms. The molecule has 0 unspecified atom stereocenters. The van der Waals surface area contributed by atoms with Crippen LogP contribution in [-0.4, -0.2) is 5.11 Å². The molecule has 0 saturated heterocycles. The van der Waals surface area contributed by atoms with Crippen molar-refractivity contribution in [2.24, 2.45) is 5.18 Å². The lowest BCUT2D eigenvalue weighted by atomic mass is 10.6. The molecule has 0 aliphatic heterocycles. The van der Waals surface area contributed by atoms with E-state index < -0.39 is 0 Å². The molecule has 1 aromatic rings. The monoisotopic (exact) mass is 129 g/mol. The maximum atomic E-state index is 9.67. The minimum absolute atomic E-state index is 0.125. The number of nitroso groups, excluding NO2 is 1. The molecule has 42 valence electrons. The fourth-order valence-electron chi connectivity index (χ4n) is 0.367. The number of nitrogens with zero attached hydrogens (tertiary/aromatic N) is 1. The van der Waals surface area contributed by atoms with Crippen molar-refractivity contribution in [1.82, 2.24) is 0 Å². The largest absolute Gasteiger partial charge is 0.499 e. The van der Waals surface area contributed by atoms with Crippen molar-refractivity contribution in [3.05, 3.63) is 17.0 Å². The van der Waals surface area contributed by atoms with Crippen LogP contribution in [-0.2, 0) is 0 Å². The molecule has 0 radical (unpaired) electrons. The zero-order valence-electron chi connectivity index (χ0n) is 3.87. The highest BCUT2D eigenvalue weighted by atomic mass is 32.1. The smallest absolute Gasteiger partial charge is 0.173 e. The van der Waals surface area contributed by atoms with Crippen molar-refractivity contribution in [3.63, 3.8) is 0 Å². The van der Waals surface area contributed by atoms with E-state index in [2.05, 4.69) is 5.18 Å². The van der Waals surface area contributed by atoms with Gasteiger partial charge in [0.25, 0.3) is 0 Å². The van der Waals surface area contributed by atoms with Crippen LogP contribution in [0.5, 0.6) is 5.06 Å². The maximum absolute atomic E-state index is 9.67. The van der Waals surface area contributed by atoms with E-state index in [4.69, 9.17) is 5.11 Å². The molecular weight excluding hydrogens is 126 g/mol. The van der Waals surface area contributed by atoms with Crippen LogP contribution in [0.4, 0.5) is 5.00 Å². The SMILES string of the molecule is O=Nc1ccc(O)s1. The third-order valence-electron chi connectivity index (χ3n) is 0.668. The molecule has 0 atom stereocenters. The molecule has 1 N–H and O–H groups in total. The first kappa shape index (κ1) is 5.24. The van der Waals surface area contributed by atoms with Crippen molar-refractivity contribution in [3.8, 4) is 5.06 Å². The van der Waals surface area contributed by atoms with Gasteiger partial charge in [0.1, 0.15) is 0 Å². The molecule has 3 nitrogen and oxygen atoms in total. The van der Waals surface area contributed by atoms with Gasteiger partial charge in [0, 0.05) is 0 Å². The molecule has 0 aromatic carbocycles. The van der Waals surface area contributed by atoms with E-state index in [0.717, 1.165) is 11.3 Å². The summed E-state index contributed by atoms with van der Waals surface area (Å²) in [5.74, 6) is 0. The van der Waals surface area contributed by atoms with Crippen molar-refractivity contribution in [2.45, 2.75) is 0 Å². The van der Waals surface area contributed by atoms with Gasteiger partial charge < -0.3 is 5.11 Å². The van der Waals surface area contributed by atoms with Crippen molar-refractivity contribution in [1.29, 1.82) is 0 Å². The van der Waals surface area contributed by atoms with Gasteiger partial charge in [-0.2, -0.15) is 0 Å². The number of hydrogen-bond acceptors (Lipinski definition) is 4. The summed E-state index contributed by atoms with van der Waals surface area (Å²) in [6.45, 7) is 0. The molecule has 0 bridgehead atoms. The summed E-state index contributed by atoms with van der Waals surface area (Å²) in [4.78, 5) is 9.67. The second-order valence-corrected chi connectivity index (χ2v) is 2.24. The van der Waals surface area contributed by atoms with Crippen LogP contribution < -0.4 is 0 Å². The van der Waals surface area contributed by atoms with E-state index in [0.29, 0.717) is 5.00 Å². The Kier molecular flexibility index (Phi) is 1.26. The Morgan fingerprint density at radius 2 is 2.38 bits per heavy atom. The Labute approximate surface area is 49.6 Å². The van der Waals surface area contributed by atoms with Gasteiger partial charge in [-0.3, -0.25) is 0 Å². The maximum Gasteiger partial charge on any atom is 0.173 e. The molecule has 1 rings (SSSR count). The first-order valence-electron chi connectivity index (χ1n) is 1.95. The van der Waals surface area contributed by atoms with Crippen LogP contribution in [0.3, 0.4) is 0 Å². The minimum atomic E-state index is 0.125. The molecule has 0 aliphatic rings. The van der Waals surface area contributed by atoms with E-state index in [1.807, 2.05) is 0 Å². The Balaban J connectivity index is 3.00. The first-order valence-corrected chi connectivity index (χ1v) is 2.77. The van der Waals surface area contributed by atoms with Gasteiger partial charge in [-0.25, -0.2) is 0 Å². The average Bonchev–Trinajstić information content (AvgIpc) is 2.14. The van der Waals surface area contributed by atoms with Crippen molar-refractivity contribution in [2.75, 3.05) is 0 Å². The van der Waals surface area contributed by atoms with E-state index >= 15 is 0 Å². The lowest BCUT2D eigenvalue weighted by Gasteiger charge is -1.70. The van der Waals surface area contributed by atoms with Gasteiger partial charge in [-0.15, -0.1) is 4.91 Å². The molecular formula is C4H3NO2S. The van der Waals surface area contributed by atoms with E-state index in [1.165, 1.54) is 12.1 Å². The van der Waals surface area contributed by atoms with Crippen LogP contribution in [0.25, 0.3) is 0 Å². The molecule has 0 fully saturated rings. The standard InChI is InChI=1S/C4H3NO2S/c6-4-2-1-3(5-7)8-4/h1-2,6H. The highest BCUT2D eigenvalue weighted by molar-refractivity contribution is 7.17. The van der Waals surface area contributed by atoms with Crippen LogP contribution in [0.1, 0.15) is 0 Å². The fourth-order valence-corrected chi connectivity index (χ4v) is 0.891. The number of thiophene rings is 1.